The summed E-state index contributed by atoms with van der Waals surface area (Å²) in [5, 5.41) is 0. The molecule has 0 unspecified atom stereocenters. The lowest BCUT2D eigenvalue weighted by Crippen LogP contribution is -2.43. The molecule has 0 spiro atoms. The first-order chi connectivity index (χ1) is 8.03. The van der Waals surface area contributed by atoms with E-state index in [1.165, 1.54) is 18.5 Å². The third-order valence-corrected chi connectivity index (χ3v) is 4.47. The van der Waals surface area contributed by atoms with Gasteiger partial charge in [0.2, 0.25) is 10.0 Å². The zero-order chi connectivity index (χ0) is 12.5. The van der Waals surface area contributed by atoms with Gasteiger partial charge in [0.15, 0.2) is 0 Å². The van der Waals surface area contributed by atoms with Crippen molar-refractivity contribution in [2.75, 3.05) is 5.43 Å². The Morgan fingerprint density at radius 1 is 1.47 bits per heavy atom. The maximum absolute atomic E-state index is 12.1. The Hall–Kier alpha value is -1.18. The largest absolute Gasteiger partial charge is 0.323 e. The van der Waals surface area contributed by atoms with Crippen molar-refractivity contribution in [3.05, 3.63) is 18.5 Å². The number of hydrazine groups is 1. The second-order valence-corrected chi connectivity index (χ2v) is 6.09. The highest BCUT2D eigenvalue weighted by Gasteiger charge is 2.30. The second kappa shape index (κ2) is 4.59. The van der Waals surface area contributed by atoms with Gasteiger partial charge in [-0.2, -0.15) is 0 Å². The number of nitrogen functional groups attached to an aromatic ring is 1. The third-order valence-electron chi connectivity index (χ3n) is 2.93. The fourth-order valence-corrected chi connectivity index (χ4v) is 3.37. The van der Waals surface area contributed by atoms with Crippen molar-refractivity contribution in [3.63, 3.8) is 0 Å². The van der Waals surface area contributed by atoms with Gasteiger partial charge in [0.1, 0.15) is 4.90 Å². The number of aromatic nitrogens is 1. The second-order valence-electron chi connectivity index (χ2n) is 4.41. The number of hydrogen-bond donors (Lipinski definition) is 3. The van der Waals surface area contributed by atoms with Crippen molar-refractivity contribution in [2.24, 2.45) is 11.8 Å². The molecule has 2 rings (SSSR count). The Bertz CT molecular complexity index is 497. The van der Waals surface area contributed by atoms with E-state index in [0.29, 0.717) is 11.6 Å². The van der Waals surface area contributed by atoms with Crippen LogP contribution in [-0.4, -0.2) is 19.4 Å². The number of rotatable bonds is 4. The summed E-state index contributed by atoms with van der Waals surface area (Å²) in [7, 11) is -3.54. The number of nitrogens with two attached hydrogens (primary N) is 1. The average Bonchev–Trinajstić information content (AvgIpc) is 2.26. The minimum Gasteiger partial charge on any atom is -0.323 e. The van der Waals surface area contributed by atoms with Crippen LogP contribution in [0.15, 0.2) is 23.4 Å². The maximum Gasteiger partial charge on any atom is 0.244 e. The Morgan fingerprint density at radius 2 is 2.18 bits per heavy atom. The number of pyridine rings is 1. The number of nitrogens with zero attached hydrogens (tertiary/aromatic N) is 1. The van der Waals surface area contributed by atoms with Crippen LogP contribution in [0.2, 0.25) is 0 Å². The lowest BCUT2D eigenvalue weighted by molar-refractivity contribution is 0.270. The van der Waals surface area contributed by atoms with Crippen LogP contribution in [0.4, 0.5) is 5.69 Å². The Balaban J connectivity index is 2.19. The van der Waals surface area contributed by atoms with E-state index in [9.17, 15) is 8.42 Å². The van der Waals surface area contributed by atoms with Gasteiger partial charge in [0.05, 0.1) is 5.69 Å². The Morgan fingerprint density at radius 3 is 2.76 bits per heavy atom. The molecule has 17 heavy (non-hydrogen) atoms. The quantitative estimate of drug-likeness (QED) is 0.536. The topological polar surface area (TPSA) is 97.1 Å². The first kappa shape index (κ1) is 12.3. The monoisotopic (exact) mass is 256 g/mol. The van der Waals surface area contributed by atoms with Gasteiger partial charge in [-0.15, -0.1) is 0 Å². The molecule has 1 aromatic rings. The summed E-state index contributed by atoms with van der Waals surface area (Å²) in [6, 6.07) is 1.55. The molecule has 4 N–H and O–H groups in total. The number of anilines is 1. The lowest BCUT2D eigenvalue weighted by Gasteiger charge is -2.33. The molecule has 1 aliphatic carbocycles. The van der Waals surface area contributed by atoms with Gasteiger partial charge < -0.3 is 5.43 Å². The highest BCUT2D eigenvalue weighted by atomic mass is 32.2. The van der Waals surface area contributed by atoms with Gasteiger partial charge in [-0.1, -0.05) is 6.92 Å². The van der Waals surface area contributed by atoms with Gasteiger partial charge >= 0.3 is 0 Å². The van der Waals surface area contributed by atoms with Gasteiger partial charge in [-0.05, 0) is 24.8 Å². The molecule has 1 saturated carbocycles. The first-order valence-corrected chi connectivity index (χ1v) is 6.94. The van der Waals surface area contributed by atoms with Crippen LogP contribution in [0, 0.1) is 5.92 Å². The molecule has 1 heterocycles. The van der Waals surface area contributed by atoms with Crippen LogP contribution >= 0.6 is 0 Å². The predicted octanol–water partition coefficient (Wildman–Crippen LogP) is 0.444. The van der Waals surface area contributed by atoms with E-state index in [-0.39, 0.29) is 10.9 Å². The Labute approximate surface area is 101 Å². The van der Waals surface area contributed by atoms with E-state index in [1.807, 2.05) is 0 Å². The third kappa shape index (κ3) is 2.56. The van der Waals surface area contributed by atoms with Gasteiger partial charge in [0, 0.05) is 18.4 Å². The van der Waals surface area contributed by atoms with Crippen molar-refractivity contribution >= 4 is 15.7 Å². The van der Waals surface area contributed by atoms with Gasteiger partial charge in [-0.3, -0.25) is 10.8 Å². The Kier molecular flexibility index (Phi) is 3.32. The fraction of sp³-hybridized carbons (Fsp3) is 0.500. The normalized spacial score (nSPS) is 24.1. The fourth-order valence-electron chi connectivity index (χ4n) is 1.99. The number of sulfonamides is 1. The molecule has 0 saturated heterocycles. The lowest BCUT2D eigenvalue weighted by atomic mass is 9.83. The summed E-state index contributed by atoms with van der Waals surface area (Å²) in [4.78, 5) is 3.90. The molecule has 0 bridgehead atoms. The van der Waals surface area contributed by atoms with Crippen LogP contribution < -0.4 is 16.0 Å². The van der Waals surface area contributed by atoms with E-state index in [1.54, 1.807) is 0 Å². The molecule has 0 aliphatic heterocycles. The average molecular weight is 256 g/mol. The molecule has 0 aromatic carbocycles. The molecular weight excluding hydrogens is 240 g/mol. The van der Waals surface area contributed by atoms with Crippen LogP contribution in [-0.2, 0) is 10.0 Å². The molecule has 0 amide bonds. The van der Waals surface area contributed by atoms with Crippen LogP contribution in [0.1, 0.15) is 19.8 Å². The molecule has 94 valence electrons. The van der Waals surface area contributed by atoms with Crippen LogP contribution in [0.3, 0.4) is 0 Å². The van der Waals surface area contributed by atoms with E-state index >= 15 is 0 Å². The van der Waals surface area contributed by atoms with E-state index < -0.39 is 10.0 Å². The highest BCUT2D eigenvalue weighted by Crippen LogP contribution is 2.28. The number of nitrogens with one attached hydrogen (secondary N) is 2. The SMILES string of the molecule is CC1CC(NS(=O)(=O)c2cnccc2NN)C1. The molecule has 0 atom stereocenters. The summed E-state index contributed by atoms with van der Waals surface area (Å²) in [5.74, 6) is 5.86. The summed E-state index contributed by atoms with van der Waals surface area (Å²) in [6.45, 7) is 2.10. The van der Waals surface area contributed by atoms with E-state index in [2.05, 4.69) is 22.1 Å². The van der Waals surface area contributed by atoms with Crippen LogP contribution in [0.5, 0.6) is 0 Å². The molecule has 0 radical (unpaired) electrons. The standard InChI is InChI=1S/C10H16N4O2S/c1-7-4-8(5-7)14-17(15,16)10-6-12-3-2-9(10)13-11/h2-3,6-8,14H,4-5,11H2,1H3,(H,12,13). The summed E-state index contributed by atoms with van der Waals surface area (Å²) < 4.78 is 26.8. The summed E-state index contributed by atoms with van der Waals surface area (Å²) >= 11 is 0. The van der Waals surface area contributed by atoms with Crippen molar-refractivity contribution in [2.45, 2.75) is 30.7 Å². The maximum atomic E-state index is 12.1. The molecule has 1 aromatic heterocycles. The zero-order valence-corrected chi connectivity index (χ0v) is 10.4. The van der Waals surface area contributed by atoms with Crippen molar-refractivity contribution < 1.29 is 8.42 Å². The predicted molar refractivity (Wildman–Crippen MR) is 64.6 cm³/mol. The summed E-state index contributed by atoms with van der Waals surface area (Å²) in [5.41, 5.74) is 2.71. The summed E-state index contributed by atoms with van der Waals surface area (Å²) in [6.07, 6.45) is 4.54. The smallest absolute Gasteiger partial charge is 0.244 e. The van der Waals surface area contributed by atoms with Crippen LogP contribution in [0.25, 0.3) is 0 Å². The minimum atomic E-state index is -3.54. The minimum absolute atomic E-state index is 0.0285. The molecular formula is C10H16N4O2S. The molecule has 7 heteroatoms. The van der Waals surface area contributed by atoms with Gasteiger partial charge in [0.25, 0.3) is 0 Å². The van der Waals surface area contributed by atoms with Gasteiger partial charge in [-0.25, -0.2) is 13.1 Å². The highest BCUT2D eigenvalue weighted by molar-refractivity contribution is 7.89. The zero-order valence-electron chi connectivity index (χ0n) is 9.55. The van der Waals surface area contributed by atoms with Crippen molar-refractivity contribution in [1.82, 2.24) is 9.71 Å². The van der Waals surface area contributed by atoms with Crippen molar-refractivity contribution in [1.29, 1.82) is 0 Å². The molecule has 1 fully saturated rings. The molecule has 1 aliphatic rings. The number of hydrogen-bond acceptors (Lipinski definition) is 5. The van der Waals surface area contributed by atoms with E-state index in [0.717, 1.165) is 12.8 Å². The first-order valence-electron chi connectivity index (χ1n) is 5.46. The van der Waals surface area contributed by atoms with E-state index in [4.69, 9.17) is 5.84 Å². The molecule has 6 nitrogen and oxygen atoms in total. The van der Waals surface area contributed by atoms with Crippen molar-refractivity contribution in [3.8, 4) is 0 Å².